The van der Waals surface area contributed by atoms with E-state index in [9.17, 15) is 0 Å². The van der Waals surface area contributed by atoms with E-state index >= 15 is 0 Å². The first-order valence-electron chi connectivity index (χ1n) is 7.38. The van der Waals surface area contributed by atoms with Crippen LogP contribution >= 0.6 is 10.2 Å². The van der Waals surface area contributed by atoms with Crippen molar-refractivity contribution in [1.82, 2.24) is 4.98 Å². The van der Waals surface area contributed by atoms with Gasteiger partial charge in [-0.2, -0.15) is 10.2 Å². The van der Waals surface area contributed by atoms with Gasteiger partial charge in [0, 0.05) is 13.2 Å². The smallest absolute Gasteiger partial charge is 0.140 e. The highest BCUT2D eigenvalue weighted by molar-refractivity contribution is 8.35. The Labute approximate surface area is 121 Å². The van der Waals surface area contributed by atoms with Crippen molar-refractivity contribution in [3.63, 3.8) is 0 Å². The molecule has 3 heteroatoms. The van der Waals surface area contributed by atoms with Crippen LogP contribution in [0.5, 0.6) is 0 Å². The van der Waals surface area contributed by atoms with E-state index in [1.54, 1.807) is 0 Å². The lowest BCUT2D eigenvalue weighted by atomic mass is 10.2. The van der Waals surface area contributed by atoms with Crippen molar-refractivity contribution in [3.05, 3.63) is 23.9 Å². The number of aryl methyl sites for hydroxylation is 1. The Bertz CT molecular complexity index is 393. The summed E-state index contributed by atoms with van der Waals surface area (Å²) in [6, 6.07) is 4.25. The minimum atomic E-state index is -0.861. The predicted molar refractivity (Wildman–Crippen MR) is 90.4 cm³/mol. The Morgan fingerprint density at radius 1 is 1.16 bits per heavy atom. The molecule has 0 radical (unpaired) electrons. The number of rotatable bonds is 6. The molecule has 0 aliphatic carbocycles. The normalized spacial score (nSPS) is 13.1. The lowest BCUT2D eigenvalue weighted by Crippen LogP contribution is -2.38. The highest BCUT2D eigenvalue weighted by Crippen LogP contribution is 2.59. The van der Waals surface area contributed by atoms with Gasteiger partial charge in [-0.25, -0.2) is 4.98 Å². The Kier molecular flexibility index (Phi) is 5.72. The molecule has 1 heterocycles. The second-order valence-corrected chi connectivity index (χ2v) is 10.2. The fraction of sp³-hybridized carbons (Fsp3) is 0.688. The van der Waals surface area contributed by atoms with Gasteiger partial charge in [-0.1, -0.05) is 47.6 Å². The van der Waals surface area contributed by atoms with E-state index < -0.39 is 10.2 Å². The maximum Gasteiger partial charge on any atom is 0.140 e. The molecule has 0 N–H and O–H groups in total. The summed E-state index contributed by atoms with van der Waals surface area (Å²) in [6.45, 7) is 14.0. The summed E-state index contributed by atoms with van der Waals surface area (Å²) in [7, 11) is 1.39. The molecule has 0 fully saturated rings. The fourth-order valence-corrected chi connectivity index (χ4v) is 7.75. The van der Waals surface area contributed by atoms with Gasteiger partial charge in [0.1, 0.15) is 5.82 Å². The largest absolute Gasteiger partial charge is 0.321 e. The molecule has 2 nitrogen and oxygen atoms in total. The summed E-state index contributed by atoms with van der Waals surface area (Å²) >= 11 is 0. The zero-order valence-electron chi connectivity index (χ0n) is 13.6. The Morgan fingerprint density at radius 3 is 2.16 bits per heavy atom. The first-order chi connectivity index (χ1) is 8.91. The minimum absolute atomic E-state index is 0.675. The molecule has 1 rings (SSSR count). The van der Waals surface area contributed by atoms with Gasteiger partial charge in [-0.05, 0) is 34.3 Å². The Hall–Kier alpha value is -0.700. The number of hydrogen-bond donors (Lipinski definition) is 0. The van der Waals surface area contributed by atoms with Gasteiger partial charge in [0.2, 0.25) is 0 Å². The number of hydrogen-bond acceptors (Lipinski definition) is 2. The van der Waals surface area contributed by atoms with Gasteiger partial charge in [-0.3, -0.25) is 0 Å². The molecule has 0 atom stereocenters. The van der Waals surface area contributed by atoms with E-state index in [1.807, 2.05) is 12.3 Å². The molecule has 0 aliphatic rings. The van der Waals surface area contributed by atoms with Crippen molar-refractivity contribution in [1.29, 1.82) is 0 Å². The molecule has 0 aromatic carbocycles. The summed E-state index contributed by atoms with van der Waals surface area (Å²) in [5.41, 5.74) is 1.36. The molecule has 19 heavy (non-hydrogen) atoms. The molecule has 110 valence electrons. The third-order valence-corrected chi connectivity index (χ3v) is 9.53. The summed E-state index contributed by atoms with van der Waals surface area (Å²) in [4.78, 5) is 4.67. The molecule has 0 aliphatic heterocycles. The summed E-state index contributed by atoms with van der Waals surface area (Å²) < 4.78 is 2.52. The first kappa shape index (κ1) is 16.4. The molecule has 0 unspecified atom stereocenters. The zero-order valence-corrected chi connectivity index (χ0v) is 14.4. The van der Waals surface area contributed by atoms with E-state index in [4.69, 9.17) is 0 Å². The summed E-state index contributed by atoms with van der Waals surface area (Å²) in [5.74, 6) is 2.41. The van der Waals surface area contributed by atoms with E-state index in [2.05, 4.69) is 63.9 Å². The summed E-state index contributed by atoms with van der Waals surface area (Å²) in [5, 5.41) is 1.35. The molecule has 0 saturated heterocycles. The van der Waals surface area contributed by atoms with Crippen LogP contribution in [-0.2, 0) is 6.42 Å². The second-order valence-electron chi connectivity index (χ2n) is 5.53. The van der Waals surface area contributed by atoms with Gasteiger partial charge < -0.3 is 4.31 Å². The molecule has 0 spiro atoms. The molecular weight excluding hydrogens is 252 g/mol. The number of pyridine rings is 1. The monoisotopic (exact) mass is 282 g/mol. The van der Waals surface area contributed by atoms with Gasteiger partial charge in [0.25, 0.3) is 0 Å². The van der Waals surface area contributed by atoms with Crippen molar-refractivity contribution in [2.24, 2.45) is 0 Å². The molecule has 1 aromatic rings. The topological polar surface area (TPSA) is 16.1 Å². The molecule has 0 amide bonds. The third-order valence-electron chi connectivity index (χ3n) is 4.15. The average molecular weight is 282 g/mol. The predicted octanol–water partition coefficient (Wildman–Crippen LogP) is 4.64. The third kappa shape index (κ3) is 2.91. The van der Waals surface area contributed by atoms with Crippen LogP contribution in [0.4, 0.5) is 5.82 Å². The fourth-order valence-electron chi connectivity index (χ4n) is 3.19. The van der Waals surface area contributed by atoms with Gasteiger partial charge >= 0.3 is 0 Å². The highest BCUT2D eigenvalue weighted by atomic mass is 32.3. The maximum atomic E-state index is 4.67. The van der Waals surface area contributed by atoms with Crippen LogP contribution in [0.3, 0.4) is 0 Å². The van der Waals surface area contributed by atoms with Crippen LogP contribution in [0, 0.1) is 0 Å². The highest BCUT2D eigenvalue weighted by Gasteiger charge is 2.35. The van der Waals surface area contributed by atoms with E-state index in [1.165, 1.54) is 17.1 Å². The maximum absolute atomic E-state index is 4.67. The van der Waals surface area contributed by atoms with Crippen molar-refractivity contribution in [3.8, 4) is 0 Å². The van der Waals surface area contributed by atoms with E-state index in [0.29, 0.717) is 10.5 Å². The van der Waals surface area contributed by atoms with Crippen molar-refractivity contribution < 1.29 is 0 Å². The SMILES string of the molecule is CCc1cccnc1N(C)S(CC)(C(C)C)C(C)C. The Balaban J connectivity index is 3.30. The van der Waals surface area contributed by atoms with E-state index in [0.717, 1.165) is 6.42 Å². The van der Waals surface area contributed by atoms with Gasteiger partial charge in [-0.15, -0.1) is 0 Å². The van der Waals surface area contributed by atoms with Gasteiger partial charge in [0.15, 0.2) is 0 Å². The first-order valence-corrected chi connectivity index (χ1v) is 9.26. The van der Waals surface area contributed by atoms with Crippen LogP contribution in [-0.4, -0.2) is 28.3 Å². The quantitative estimate of drug-likeness (QED) is 0.756. The Morgan fingerprint density at radius 2 is 1.74 bits per heavy atom. The molecule has 0 saturated carbocycles. The molecule has 1 aromatic heterocycles. The lowest BCUT2D eigenvalue weighted by Gasteiger charge is -2.54. The number of aromatic nitrogens is 1. The molecular formula is C16H30N2S. The lowest BCUT2D eigenvalue weighted by molar-refractivity contribution is 0.967. The van der Waals surface area contributed by atoms with Crippen LogP contribution < -0.4 is 4.31 Å². The van der Waals surface area contributed by atoms with Crippen molar-refractivity contribution in [2.75, 3.05) is 17.1 Å². The van der Waals surface area contributed by atoms with Crippen molar-refractivity contribution in [2.45, 2.75) is 58.5 Å². The number of anilines is 1. The minimum Gasteiger partial charge on any atom is -0.321 e. The van der Waals surface area contributed by atoms with E-state index in [-0.39, 0.29) is 0 Å². The summed E-state index contributed by atoms with van der Waals surface area (Å²) in [6.07, 6.45) is 2.97. The van der Waals surface area contributed by atoms with Gasteiger partial charge in [0.05, 0.1) is 0 Å². The van der Waals surface area contributed by atoms with Crippen LogP contribution in [0.1, 0.15) is 47.1 Å². The standard InChI is InChI=1S/C16H30N2S/c1-8-15-11-10-12-17-16(15)18(7)19(9-2,13(3)4)14(5)6/h10-14H,8-9H2,1-7H3. The van der Waals surface area contributed by atoms with Crippen LogP contribution in [0.15, 0.2) is 18.3 Å². The zero-order chi connectivity index (χ0) is 14.6. The van der Waals surface area contributed by atoms with Crippen LogP contribution in [0.25, 0.3) is 0 Å². The van der Waals surface area contributed by atoms with Crippen LogP contribution in [0.2, 0.25) is 0 Å². The second kappa shape index (κ2) is 6.65. The number of nitrogens with zero attached hydrogens (tertiary/aromatic N) is 2. The average Bonchev–Trinajstić information content (AvgIpc) is 2.39. The van der Waals surface area contributed by atoms with Crippen molar-refractivity contribution >= 4 is 16.0 Å². The molecule has 0 bridgehead atoms.